The number of hydrogen-bond acceptors (Lipinski definition) is 1. The van der Waals surface area contributed by atoms with E-state index in [9.17, 15) is 0 Å². The van der Waals surface area contributed by atoms with Crippen LogP contribution in [0.4, 0.5) is 0 Å². The minimum atomic E-state index is -0.177. The Bertz CT molecular complexity index is 2340. The molecule has 3 aliphatic carbocycles. The molecule has 0 aliphatic heterocycles. The number of aromatic nitrogens is 2. The van der Waals surface area contributed by atoms with E-state index in [0.29, 0.717) is 0 Å². The maximum atomic E-state index is 5.13. The Morgan fingerprint density at radius 2 is 1.45 bits per heavy atom. The summed E-state index contributed by atoms with van der Waals surface area (Å²) in [5.41, 5.74) is 10.9. The van der Waals surface area contributed by atoms with Crippen LogP contribution >= 0.6 is 0 Å². The van der Waals surface area contributed by atoms with Crippen LogP contribution < -0.4 is 0 Å². The molecule has 9 rings (SSSR count). The zero-order valence-corrected chi connectivity index (χ0v) is 26.8. The zero-order chi connectivity index (χ0) is 31.6. The van der Waals surface area contributed by atoms with Crippen LogP contribution in [-0.2, 0) is 0 Å². The van der Waals surface area contributed by atoms with Crippen molar-refractivity contribution in [2.24, 2.45) is 10.8 Å². The van der Waals surface area contributed by atoms with Crippen LogP contribution in [0.5, 0.6) is 0 Å². The van der Waals surface area contributed by atoms with Crippen molar-refractivity contribution in [1.82, 2.24) is 9.55 Å². The Morgan fingerprint density at radius 3 is 2.30 bits per heavy atom. The van der Waals surface area contributed by atoms with E-state index in [1.807, 2.05) is 0 Å². The van der Waals surface area contributed by atoms with Crippen LogP contribution in [0.3, 0.4) is 0 Å². The lowest BCUT2D eigenvalue weighted by molar-refractivity contribution is 0.210. The summed E-state index contributed by atoms with van der Waals surface area (Å²) in [4.78, 5) is 5.13. The highest BCUT2D eigenvalue weighted by Crippen LogP contribution is 2.66. The molecular formula is C45H36N2. The van der Waals surface area contributed by atoms with Gasteiger partial charge in [-0.25, -0.2) is 4.98 Å². The second-order valence-corrected chi connectivity index (χ2v) is 13.6. The van der Waals surface area contributed by atoms with Crippen molar-refractivity contribution in [2.45, 2.75) is 26.2 Å². The van der Waals surface area contributed by atoms with E-state index in [1.54, 1.807) is 0 Å². The van der Waals surface area contributed by atoms with Crippen molar-refractivity contribution >= 4 is 27.4 Å². The molecule has 2 nitrogen and oxygen atoms in total. The maximum absolute atomic E-state index is 5.13. The first kappa shape index (κ1) is 27.8. The van der Waals surface area contributed by atoms with E-state index in [-0.39, 0.29) is 16.7 Å². The van der Waals surface area contributed by atoms with Gasteiger partial charge in [0.15, 0.2) is 0 Å². The number of imidazole rings is 1. The predicted molar refractivity (Wildman–Crippen MR) is 196 cm³/mol. The van der Waals surface area contributed by atoms with Gasteiger partial charge >= 0.3 is 0 Å². The van der Waals surface area contributed by atoms with Gasteiger partial charge in [-0.3, -0.25) is 4.57 Å². The molecule has 5 aromatic carbocycles. The first-order valence-electron chi connectivity index (χ1n) is 16.7. The van der Waals surface area contributed by atoms with Gasteiger partial charge < -0.3 is 0 Å². The highest BCUT2D eigenvalue weighted by molar-refractivity contribution is 5.91. The van der Waals surface area contributed by atoms with Crippen molar-refractivity contribution in [3.8, 4) is 17.1 Å². The SMILES string of the molecule is CC12C=CC=CC1=C(c1ccc(-c3nc4ccccc4n3-c3ccccc3)cc1)C1=CC=CC[C@@]1(C)C2c1ccc2ccccc2c1. The number of fused-ring (bicyclic) bond motifs is 4. The smallest absolute Gasteiger partial charge is 0.145 e. The number of rotatable bonds is 4. The Hall–Kier alpha value is -5.47. The Labute approximate surface area is 276 Å². The van der Waals surface area contributed by atoms with Crippen molar-refractivity contribution in [3.05, 3.63) is 186 Å². The molecule has 2 unspecified atom stereocenters. The molecule has 0 amide bonds. The predicted octanol–water partition coefficient (Wildman–Crippen LogP) is 11.4. The molecule has 226 valence electrons. The first-order valence-corrected chi connectivity index (χ1v) is 16.7. The van der Waals surface area contributed by atoms with E-state index in [2.05, 4.69) is 182 Å². The Balaban J connectivity index is 1.21. The summed E-state index contributed by atoms with van der Waals surface area (Å²) >= 11 is 0. The maximum Gasteiger partial charge on any atom is 0.145 e. The molecule has 3 aliphatic rings. The van der Waals surface area contributed by atoms with E-state index in [4.69, 9.17) is 4.98 Å². The highest BCUT2D eigenvalue weighted by atomic mass is 15.1. The minimum absolute atomic E-state index is 0.0831. The number of hydrogen-bond donors (Lipinski definition) is 0. The van der Waals surface area contributed by atoms with E-state index >= 15 is 0 Å². The fraction of sp³-hybridized carbons (Fsp3) is 0.133. The van der Waals surface area contributed by atoms with Gasteiger partial charge in [-0.1, -0.05) is 153 Å². The standard InChI is InChI=1S/C45H36N2/c1-44-28-12-10-18-37(44)41(38-19-11-13-29-45(38,2)42(44)35-27-22-31-14-6-7-15-34(31)30-35)32-23-25-33(26-24-32)43-46-39-20-8-9-21-40(39)47(43)36-16-4-3-5-17-36/h3-28,30,42H,29H2,1-2H3/t42?,44?,45-/m1/s1. The number of para-hydroxylation sites is 3. The summed E-state index contributed by atoms with van der Waals surface area (Å²) in [7, 11) is 0. The quantitative estimate of drug-likeness (QED) is 0.196. The van der Waals surface area contributed by atoms with Crippen LogP contribution in [-0.4, -0.2) is 9.55 Å². The molecule has 0 saturated heterocycles. The van der Waals surface area contributed by atoms with Gasteiger partial charge in [-0.2, -0.15) is 0 Å². The van der Waals surface area contributed by atoms with Gasteiger partial charge in [0, 0.05) is 28.0 Å². The van der Waals surface area contributed by atoms with Crippen LogP contribution in [0.1, 0.15) is 37.3 Å². The summed E-state index contributed by atoms with van der Waals surface area (Å²) in [5, 5.41) is 2.59. The van der Waals surface area contributed by atoms with Crippen LogP contribution in [0.25, 0.3) is 44.5 Å². The molecular weight excluding hydrogens is 569 g/mol. The molecule has 1 aromatic heterocycles. The Morgan fingerprint density at radius 1 is 0.702 bits per heavy atom. The second-order valence-electron chi connectivity index (χ2n) is 13.6. The van der Waals surface area contributed by atoms with Gasteiger partial charge in [0.1, 0.15) is 5.82 Å². The van der Waals surface area contributed by atoms with Gasteiger partial charge in [0.2, 0.25) is 0 Å². The topological polar surface area (TPSA) is 17.8 Å². The van der Waals surface area contributed by atoms with E-state index in [1.165, 1.54) is 38.6 Å². The second kappa shape index (κ2) is 10.5. The summed E-state index contributed by atoms with van der Waals surface area (Å²) in [6.45, 7) is 4.95. The Kier molecular flexibility index (Phi) is 6.23. The van der Waals surface area contributed by atoms with Crippen molar-refractivity contribution in [3.63, 3.8) is 0 Å². The average molecular weight is 605 g/mol. The van der Waals surface area contributed by atoms with Gasteiger partial charge in [0.05, 0.1) is 11.0 Å². The molecule has 0 spiro atoms. The number of benzene rings is 5. The van der Waals surface area contributed by atoms with Gasteiger partial charge in [0.25, 0.3) is 0 Å². The van der Waals surface area contributed by atoms with Crippen LogP contribution in [0.15, 0.2) is 175 Å². The summed E-state index contributed by atoms with van der Waals surface area (Å²) in [6.07, 6.45) is 17.3. The zero-order valence-electron chi connectivity index (χ0n) is 26.8. The normalized spacial score (nSPS) is 23.2. The largest absolute Gasteiger partial charge is 0.292 e. The lowest BCUT2D eigenvalue weighted by Gasteiger charge is -2.55. The molecule has 0 fully saturated rings. The van der Waals surface area contributed by atoms with Gasteiger partial charge in [-0.15, -0.1) is 0 Å². The summed E-state index contributed by atoms with van der Waals surface area (Å²) in [5.74, 6) is 1.23. The van der Waals surface area contributed by atoms with E-state index in [0.717, 1.165) is 34.5 Å². The molecule has 0 N–H and O–H groups in total. The molecule has 3 atom stereocenters. The molecule has 0 saturated carbocycles. The third kappa shape index (κ3) is 4.21. The molecule has 2 heteroatoms. The van der Waals surface area contributed by atoms with Crippen molar-refractivity contribution in [1.29, 1.82) is 0 Å². The van der Waals surface area contributed by atoms with Crippen molar-refractivity contribution in [2.75, 3.05) is 0 Å². The van der Waals surface area contributed by atoms with Crippen LogP contribution in [0, 0.1) is 10.8 Å². The fourth-order valence-corrected chi connectivity index (χ4v) is 8.76. The van der Waals surface area contributed by atoms with Crippen LogP contribution in [0.2, 0.25) is 0 Å². The first-order chi connectivity index (χ1) is 23.0. The average Bonchev–Trinajstić information content (AvgIpc) is 3.50. The third-order valence-electron chi connectivity index (χ3n) is 10.8. The molecule has 0 bridgehead atoms. The highest BCUT2D eigenvalue weighted by Gasteiger charge is 2.54. The summed E-state index contributed by atoms with van der Waals surface area (Å²) in [6, 6.07) is 44.0. The lowest BCUT2D eigenvalue weighted by Crippen LogP contribution is -2.44. The monoisotopic (exact) mass is 604 g/mol. The third-order valence-corrected chi connectivity index (χ3v) is 10.8. The minimum Gasteiger partial charge on any atom is -0.292 e. The molecule has 1 heterocycles. The summed E-state index contributed by atoms with van der Waals surface area (Å²) < 4.78 is 2.28. The number of allylic oxidation sites excluding steroid dienone is 10. The lowest BCUT2D eigenvalue weighted by atomic mass is 9.47. The van der Waals surface area contributed by atoms with Crippen molar-refractivity contribution < 1.29 is 0 Å². The molecule has 6 aromatic rings. The fourth-order valence-electron chi connectivity index (χ4n) is 8.76. The molecule has 47 heavy (non-hydrogen) atoms. The van der Waals surface area contributed by atoms with E-state index < -0.39 is 0 Å². The van der Waals surface area contributed by atoms with Gasteiger partial charge in [-0.05, 0) is 69.3 Å². The number of nitrogens with zero attached hydrogens (tertiary/aromatic N) is 2. The molecule has 0 radical (unpaired) electrons.